The Balaban J connectivity index is 1.72. The Hall–Kier alpha value is -0.610. The zero-order valence-electron chi connectivity index (χ0n) is 10.5. The number of rotatable bonds is 4. The van der Waals surface area contributed by atoms with Gasteiger partial charge >= 0.3 is 5.97 Å². The van der Waals surface area contributed by atoms with Gasteiger partial charge in [0, 0.05) is 18.7 Å². The topological polar surface area (TPSA) is 58.6 Å². The first-order valence-corrected chi connectivity index (χ1v) is 6.73. The molecule has 1 heterocycles. The lowest BCUT2D eigenvalue weighted by Crippen LogP contribution is -2.43. The van der Waals surface area contributed by atoms with E-state index in [1.165, 1.54) is 0 Å². The highest BCUT2D eigenvalue weighted by Crippen LogP contribution is 2.26. The van der Waals surface area contributed by atoms with Crippen LogP contribution in [0.3, 0.4) is 0 Å². The van der Waals surface area contributed by atoms with Crippen LogP contribution in [0.2, 0.25) is 0 Å². The molecule has 4 heteroatoms. The van der Waals surface area contributed by atoms with Crippen molar-refractivity contribution in [3.05, 3.63) is 0 Å². The fourth-order valence-electron chi connectivity index (χ4n) is 2.96. The van der Waals surface area contributed by atoms with Crippen molar-refractivity contribution >= 4 is 5.97 Å². The fourth-order valence-corrected chi connectivity index (χ4v) is 2.96. The molecule has 2 aliphatic rings. The van der Waals surface area contributed by atoms with Gasteiger partial charge in [0.15, 0.2) is 0 Å². The number of aliphatic carboxylic acids is 1. The van der Waals surface area contributed by atoms with Gasteiger partial charge in [0.2, 0.25) is 0 Å². The number of nitrogens with one attached hydrogen (secondary N) is 1. The average molecular weight is 241 g/mol. The first kappa shape index (κ1) is 12.8. The molecule has 0 aromatic rings. The largest absolute Gasteiger partial charge is 0.481 e. The third-order valence-electron chi connectivity index (χ3n) is 4.25. The molecule has 2 fully saturated rings. The van der Waals surface area contributed by atoms with E-state index < -0.39 is 5.97 Å². The molecule has 0 bridgehead atoms. The summed E-state index contributed by atoms with van der Waals surface area (Å²) in [5, 5.41) is 12.6. The van der Waals surface area contributed by atoms with Crippen LogP contribution in [0.5, 0.6) is 0 Å². The second kappa shape index (κ2) is 5.83. The summed E-state index contributed by atoms with van der Waals surface area (Å²) < 4.78 is 5.40. The molecule has 4 nitrogen and oxygen atoms in total. The highest BCUT2D eigenvalue weighted by atomic mass is 16.5. The quantitative estimate of drug-likeness (QED) is 0.785. The van der Waals surface area contributed by atoms with E-state index in [-0.39, 0.29) is 5.92 Å². The molecule has 2 unspecified atom stereocenters. The van der Waals surface area contributed by atoms with Gasteiger partial charge in [-0.05, 0) is 44.9 Å². The van der Waals surface area contributed by atoms with Gasteiger partial charge in [0.1, 0.15) is 0 Å². The van der Waals surface area contributed by atoms with E-state index in [1.54, 1.807) is 0 Å². The van der Waals surface area contributed by atoms with Gasteiger partial charge in [-0.2, -0.15) is 0 Å². The number of carbonyl (C=O) groups is 1. The van der Waals surface area contributed by atoms with Gasteiger partial charge in [-0.25, -0.2) is 0 Å². The molecule has 98 valence electrons. The van der Waals surface area contributed by atoms with E-state index in [9.17, 15) is 4.79 Å². The van der Waals surface area contributed by atoms with Crippen molar-refractivity contribution in [2.24, 2.45) is 11.8 Å². The standard InChI is InChI=1S/C13H23NO3/c1-9(11-6-7-17-8-11)14-12-4-2-10(3-5-12)13(15)16/h9-12,14H,2-8H2,1H3,(H,15,16). The summed E-state index contributed by atoms with van der Waals surface area (Å²) in [4.78, 5) is 10.9. The maximum Gasteiger partial charge on any atom is 0.306 e. The molecule has 0 amide bonds. The summed E-state index contributed by atoms with van der Waals surface area (Å²) in [5.41, 5.74) is 0. The van der Waals surface area contributed by atoms with Crippen LogP contribution >= 0.6 is 0 Å². The van der Waals surface area contributed by atoms with Crippen molar-refractivity contribution in [2.45, 2.75) is 51.1 Å². The Labute approximate surface area is 103 Å². The molecule has 17 heavy (non-hydrogen) atoms. The number of carboxylic acids is 1. The van der Waals surface area contributed by atoms with E-state index in [0.29, 0.717) is 18.0 Å². The summed E-state index contributed by atoms with van der Waals surface area (Å²) in [5.74, 6) is -0.106. The highest BCUT2D eigenvalue weighted by Gasteiger charge is 2.29. The Kier molecular flexibility index (Phi) is 4.40. The first-order valence-electron chi connectivity index (χ1n) is 6.73. The third kappa shape index (κ3) is 3.42. The average Bonchev–Trinajstić information content (AvgIpc) is 2.83. The molecule has 1 aliphatic heterocycles. The van der Waals surface area contributed by atoms with E-state index in [2.05, 4.69) is 12.2 Å². The molecule has 0 aromatic heterocycles. The minimum absolute atomic E-state index is 0.113. The molecule has 0 radical (unpaired) electrons. The van der Waals surface area contributed by atoms with Crippen molar-refractivity contribution in [3.8, 4) is 0 Å². The summed E-state index contributed by atoms with van der Waals surface area (Å²) in [6.45, 7) is 3.99. The molecule has 1 saturated carbocycles. The molecular formula is C13H23NO3. The lowest BCUT2D eigenvalue weighted by molar-refractivity contribution is -0.142. The maximum absolute atomic E-state index is 10.9. The number of hydrogen-bond donors (Lipinski definition) is 2. The molecule has 1 aliphatic carbocycles. The Morgan fingerprint density at radius 2 is 2.00 bits per heavy atom. The van der Waals surface area contributed by atoms with Crippen molar-refractivity contribution in [1.82, 2.24) is 5.32 Å². The molecule has 0 spiro atoms. The Morgan fingerprint density at radius 1 is 1.29 bits per heavy atom. The highest BCUT2D eigenvalue weighted by molar-refractivity contribution is 5.70. The van der Waals surface area contributed by atoms with Crippen LogP contribution in [0.4, 0.5) is 0 Å². The minimum atomic E-state index is -0.624. The van der Waals surface area contributed by atoms with Crippen LogP contribution in [0.15, 0.2) is 0 Å². The molecule has 1 saturated heterocycles. The summed E-state index contributed by atoms with van der Waals surface area (Å²) in [7, 11) is 0. The number of hydrogen-bond acceptors (Lipinski definition) is 3. The molecule has 2 rings (SSSR count). The second-order valence-corrected chi connectivity index (χ2v) is 5.47. The number of carboxylic acid groups (broad SMARTS) is 1. The molecule has 2 N–H and O–H groups in total. The zero-order chi connectivity index (χ0) is 12.3. The second-order valence-electron chi connectivity index (χ2n) is 5.47. The van der Waals surface area contributed by atoms with Crippen LogP contribution in [-0.2, 0) is 9.53 Å². The Bertz CT molecular complexity index is 255. The Morgan fingerprint density at radius 3 is 2.53 bits per heavy atom. The van der Waals surface area contributed by atoms with Gasteiger partial charge in [0.05, 0.1) is 12.5 Å². The smallest absolute Gasteiger partial charge is 0.306 e. The van der Waals surface area contributed by atoms with Crippen molar-refractivity contribution in [2.75, 3.05) is 13.2 Å². The first-order chi connectivity index (χ1) is 8.16. The predicted octanol–water partition coefficient (Wildman–Crippen LogP) is 1.64. The summed E-state index contributed by atoms with van der Waals surface area (Å²) >= 11 is 0. The van der Waals surface area contributed by atoms with Gasteiger partial charge in [-0.3, -0.25) is 4.79 Å². The van der Waals surface area contributed by atoms with Gasteiger partial charge < -0.3 is 15.2 Å². The van der Waals surface area contributed by atoms with Crippen molar-refractivity contribution in [3.63, 3.8) is 0 Å². The lowest BCUT2D eigenvalue weighted by atomic mass is 9.85. The van der Waals surface area contributed by atoms with Crippen LogP contribution in [0.25, 0.3) is 0 Å². The lowest BCUT2D eigenvalue weighted by Gasteiger charge is -2.31. The minimum Gasteiger partial charge on any atom is -0.481 e. The molecular weight excluding hydrogens is 218 g/mol. The van der Waals surface area contributed by atoms with Crippen LogP contribution < -0.4 is 5.32 Å². The molecule has 0 aromatic carbocycles. The normalized spacial score (nSPS) is 35.7. The van der Waals surface area contributed by atoms with E-state index in [1.807, 2.05) is 0 Å². The summed E-state index contributed by atoms with van der Waals surface area (Å²) in [6.07, 6.45) is 4.78. The van der Waals surface area contributed by atoms with E-state index in [4.69, 9.17) is 9.84 Å². The zero-order valence-corrected chi connectivity index (χ0v) is 10.5. The SMILES string of the molecule is CC(NC1CCC(C(=O)O)CC1)C1CCOC1. The van der Waals surface area contributed by atoms with Crippen LogP contribution in [-0.4, -0.2) is 36.4 Å². The van der Waals surface area contributed by atoms with Crippen LogP contribution in [0.1, 0.15) is 39.0 Å². The van der Waals surface area contributed by atoms with Gasteiger partial charge in [-0.15, -0.1) is 0 Å². The number of ether oxygens (including phenoxy) is 1. The van der Waals surface area contributed by atoms with E-state index in [0.717, 1.165) is 45.3 Å². The molecule has 2 atom stereocenters. The summed E-state index contributed by atoms with van der Waals surface area (Å²) in [6, 6.07) is 0.991. The van der Waals surface area contributed by atoms with Gasteiger partial charge in [-0.1, -0.05) is 0 Å². The monoisotopic (exact) mass is 241 g/mol. The van der Waals surface area contributed by atoms with Crippen molar-refractivity contribution < 1.29 is 14.6 Å². The predicted molar refractivity (Wildman–Crippen MR) is 64.9 cm³/mol. The fraction of sp³-hybridized carbons (Fsp3) is 0.923. The van der Waals surface area contributed by atoms with Gasteiger partial charge in [0.25, 0.3) is 0 Å². The van der Waals surface area contributed by atoms with Crippen LogP contribution in [0, 0.1) is 11.8 Å². The maximum atomic E-state index is 10.9. The van der Waals surface area contributed by atoms with Crippen molar-refractivity contribution in [1.29, 1.82) is 0 Å². The third-order valence-corrected chi connectivity index (χ3v) is 4.25. The van der Waals surface area contributed by atoms with E-state index >= 15 is 0 Å².